The maximum Gasteiger partial charge on any atom is 0.125 e. The minimum absolute atomic E-state index is 0.189. The first-order valence-electron chi connectivity index (χ1n) is 7.03. The molecule has 1 aromatic rings. The zero-order valence-corrected chi connectivity index (χ0v) is 11.9. The van der Waals surface area contributed by atoms with Crippen LogP contribution in [0.3, 0.4) is 0 Å². The summed E-state index contributed by atoms with van der Waals surface area (Å²) in [5, 5.41) is 3.26. The largest absolute Gasteiger partial charge is 0.384 e. The molecule has 0 aromatic heterocycles. The van der Waals surface area contributed by atoms with Crippen molar-refractivity contribution < 1.29 is 4.39 Å². The molecule has 4 heteroatoms. The van der Waals surface area contributed by atoms with Crippen LogP contribution in [0.1, 0.15) is 12.8 Å². The van der Waals surface area contributed by atoms with E-state index >= 15 is 0 Å². The van der Waals surface area contributed by atoms with Crippen LogP contribution in [0.15, 0.2) is 24.3 Å². The van der Waals surface area contributed by atoms with Crippen LogP contribution in [0.5, 0.6) is 0 Å². The molecule has 0 spiro atoms. The summed E-state index contributed by atoms with van der Waals surface area (Å²) in [5.41, 5.74) is 0.853. The van der Waals surface area contributed by atoms with E-state index < -0.39 is 0 Å². The monoisotopic (exact) mass is 265 g/mol. The highest BCUT2D eigenvalue weighted by Crippen LogP contribution is 2.15. The number of benzene rings is 1. The molecule has 0 amide bonds. The third-order valence-electron chi connectivity index (χ3n) is 3.84. The summed E-state index contributed by atoms with van der Waals surface area (Å²) in [6.45, 7) is 4.15. The average Bonchev–Trinajstić information content (AvgIpc) is 2.75. The molecule has 19 heavy (non-hydrogen) atoms. The predicted octanol–water partition coefficient (Wildman–Crippen LogP) is 2.26. The maximum atomic E-state index is 13.0. The number of hydrogen-bond acceptors (Lipinski definition) is 3. The van der Waals surface area contributed by atoms with Crippen LogP contribution >= 0.6 is 0 Å². The van der Waals surface area contributed by atoms with Crippen molar-refractivity contribution in [2.45, 2.75) is 18.9 Å². The highest BCUT2D eigenvalue weighted by Gasteiger charge is 2.21. The van der Waals surface area contributed by atoms with E-state index in [1.165, 1.54) is 31.5 Å². The molecule has 106 valence electrons. The highest BCUT2D eigenvalue weighted by molar-refractivity contribution is 5.42. The van der Waals surface area contributed by atoms with Crippen molar-refractivity contribution in [3.63, 3.8) is 0 Å². The highest BCUT2D eigenvalue weighted by atomic mass is 19.1. The summed E-state index contributed by atoms with van der Waals surface area (Å²) in [6, 6.07) is 7.32. The Morgan fingerprint density at radius 3 is 3.00 bits per heavy atom. The van der Waals surface area contributed by atoms with Crippen LogP contribution in [0, 0.1) is 5.82 Å². The van der Waals surface area contributed by atoms with Gasteiger partial charge in [-0.15, -0.1) is 0 Å². The van der Waals surface area contributed by atoms with Gasteiger partial charge in [-0.2, -0.15) is 0 Å². The van der Waals surface area contributed by atoms with Gasteiger partial charge in [0, 0.05) is 31.4 Å². The Bertz CT molecular complexity index is 397. The molecule has 3 nitrogen and oxygen atoms in total. The maximum absolute atomic E-state index is 13.0. The number of hydrogen-bond donors (Lipinski definition) is 1. The third-order valence-corrected chi connectivity index (χ3v) is 3.84. The molecular weight excluding hydrogens is 241 g/mol. The lowest BCUT2D eigenvalue weighted by Gasteiger charge is -2.25. The van der Waals surface area contributed by atoms with Gasteiger partial charge in [0.05, 0.1) is 0 Å². The third kappa shape index (κ3) is 4.48. The van der Waals surface area contributed by atoms with E-state index in [9.17, 15) is 4.39 Å². The standard InChI is InChI=1S/C15H24FN3/c1-18(12-15-7-4-9-19(15)2)10-8-17-14-6-3-5-13(16)11-14/h3,5-6,11,15,17H,4,7-10,12H2,1-2H3. The Labute approximate surface area is 115 Å². The van der Waals surface area contributed by atoms with Crippen LogP contribution in [0.25, 0.3) is 0 Å². The number of likely N-dealkylation sites (N-methyl/N-ethyl adjacent to an activating group) is 2. The lowest BCUT2D eigenvalue weighted by molar-refractivity contribution is 0.224. The quantitative estimate of drug-likeness (QED) is 0.851. The number of nitrogens with one attached hydrogen (secondary N) is 1. The van der Waals surface area contributed by atoms with E-state index in [2.05, 4.69) is 29.2 Å². The Morgan fingerprint density at radius 2 is 2.32 bits per heavy atom. The van der Waals surface area contributed by atoms with E-state index in [4.69, 9.17) is 0 Å². The minimum atomic E-state index is -0.189. The number of anilines is 1. The first kappa shape index (κ1) is 14.3. The molecule has 1 unspecified atom stereocenters. The van der Waals surface area contributed by atoms with Gasteiger partial charge in [0.1, 0.15) is 5.82 Å². The molecule has 1 atom stereocenters. The summed E-state index contributed by atoms with van der Waals surface area (Å²) in [7, 11) is 4.36. The van der Waals surface area contributed by atoms with Crippen LogP contribution < -0.4 is 5.32 Å². The summed E-state index contributed by atoms with van der Waals surface area (Å²) in [4.78, 5) is 4.79. The first-order valence-corrected chi connectivity index (χ1v) is 7.03. The molecule has 1 aliphatic rings. The Balaban J connectivity index is 1.67. The van der Waals surface area contributed by atoms with Gasteiger partial charge in [0.15, 0.2) is 0 Å². The van der Waals surface area contributed by atoms with Crippen molar-refractivity contribution in [2.75, 3.05) is 45.6 Å². The fourth-order valence-electron chi connectivity index (χ4n) is 2.65. The molecule has 0 bridgehead atoms. The van der Waals surface area contributed by atoms with Crippen molar-refractivity contribution in [1.82, 2.24) is 9.80 Å². The number of nitrogens with zero attached hydrogens (tertiary/aromatic N) is 2. The fraction of sp³-hybridized carbons (Fsp3) is 0.600. The molecule has 0 saturated carbocycles. The van der Waals surface area contributed by atoms with Gasteiger partial charge in [-0.25, -0.2) is 4.39 Å². The zero-order valence-electron chi connectivity index (χ0n) is 11.9. The van der Waals surface area contributed by atoms with Crippen LogP contribution in [0.2, 0.25) is 0 Å². The topological polar surface area (TPSA) is 18.5 Å². The van der Waals surface area contributed by atoms with Crippen molar-refractivity contribution in [2.24, 2.45) is 0 Å². The fourth-order valence-corrected chi connectivity index (χ4v) is 2.65. The molecule has 0 aliphatic carbocycles. The second-order valence-electron chi connectivity index (χ2n) is 5.48. The molecule has 1 heterocycles. The van der Waals surface area contributed by atoms with E-state index in [-0.39, 0.29) is 5.82 Å². The summed E-state index contributed by atoms with van der Waals surface area (Å²) < 4.78 is 13.0. The molecular formula is C15H24FN3. The van der Waals surface area contributed by atoms with Gasteiger partial charge >= 0.3 is 0 Å². The van der Waals surface area contributed by atoms with Gasteiger partial charge in [-0.05, 0) is 51.7 Å². The molecule has 1 N–H and O–H groups in total. The Morgan fingerprint density at radius 1 is 1.47 bits per heavy atom. The molecule has 2 rings (SSSR count). The number of likely N-dealkylation sites (tertiary alicyclic amines) is 1. The predicted molar refractivity (Wildman–Crippen MR) is 78.0 cm³/mol. The van der Waals surface area contributed by atoms with Crippen molar-refractivity contribution in [1.29, 1.82) is 0 Å². The molecule has 1 aliphatic heterocycles. The van der Waals surface area contributed by atoms with E-state index in [0.29, 0.717) is 6.04 Å². The van der Waals surface area contributed by atoms with Crippen LogP contribution in [-0.2, 0) is 0 Å². The Hall–Kier alpha value is -1.13. The van der Waals surface area contributed by atoms with Crippen molar-refractivity contribution >= 4 is 5.69 Å². The second kappa shape index (κ2) is 6.87. The van der Waals surface area contributed by atoms with Gasteiger partial charge in [-0.3, -0.25) is 0 Å². The van der Waals surface area contributed by atoms with Crippen LogP contribution in [0.4, 0.5) is 10.1 Å². The van der Waals surface area contributed by atoms with E-state index in [0.717, 1.165) is 25.3 Å². The van der Waals surface area contributed by atoms with E-state index in [1.807, 2.05) is 6.07 Å². The minimum Gasteiger partial charge on any atom is -0.384 e. The van der Waals surface area contributed by atoms with Crippen LogP contribution in [-0.4, -0.2) is 56.1 Å². The SMILES string of the molecule is CN(CCNc1cccc(F)c1)CC1CCCN1C. The molecule has 1 aromatic carbocycles. The number of halogens is 1. The molecule has 1 fully saturated rings. The average molecular weight is 265 g/mol. The smallest absolute Gasteiger partial charge is 0.125 e. The van der Waals surface area contributed by atoms with E-state index in [1.54, 1.807) is 6.07 Å². The van der Waals surface area contributed by atoms with Crippen molar-refractivity contribution in [3.05, 3.63) is 30.1 Å². The first-order chi connectivity index (χ1) is 9.15. The Kier molecular flexibility index (Phi) is 5.16. The lowest BCUT2D eigenvalue weighted by atomic mass is 10.2. The zero-order chi connectivity index (χ0) is 13.7. The number of rotatable bonds is 6. The lowest BCUT2D eigenvalue weighted by Crippen LogP contribution is -2.38. The molecule has 0 radical (unpaired) electrons. The summed E-state index contributed by atoms with van der Waals surface area (Å²) >= 11 is 0. The van der Waals surface area contributed by atoms with Gasteiger partial charge in [0.2, 0.25) is 0 Å². The second-order valence-corrected chi connectivity index (χ2v) is 5.48. The van der Waals surface area contributed by atoms with Gasteiger partial charge in [0.25, 0.3) is 0 Å². The molecule has 1 saturated heterocycles. The van der Waals surface area contributed by atoms with Crippen molar-refractivity contribution in [3.8, 4) is 0 Å². The van der Waals surface area contributed by atoms with Gasteiger partial charge in [-0.1, -0.05) is 6.07 Å². The summed E-state index contributed by atoms with van der Waals surface area (Å²) in [5.74, 6) is -0.189. The normalized spacial score (nSPS) is 20.1. The summed E-state index contributed by atoms with van der Waals surface area (Å²) in [6.07, 6.45) is 2.62. The van der Waals surface area contributed by atoms with Gasteiger partial charge < -0.3 is 15.1 Å².